The zero-order valence-corrected chi connectivity index (χ0v) is 21.2. The Hall–Kier alpha value is -3.10. The van der Waals surface area contributed by atoms with Crippen molar-refractivity contribution in [2.45, 2.75) is 58.3 Å². The number of Topliss-reactive ketones (excluding diaryl/α,β-unsaturated/α-hetero) is 2. The molecule has 8 heteroatoms. The van der Waals surface area contributed by atoms with Crippen molar-refractivity contribution in [1.82, 2.24) is 0 Å². The van der Waals surface area contributed by atoms with Crippen LogP contribution in [0.2, 0.25) is 0 Å². The highest BCUT2D eigenvalue weighted by Gasteiger charge is 2.97. The van der Waals surface area contributed by atoms with E-state index in [2.05, 4.69) is 0 Å². The second-order valence-corrected chi connectivity index (χ2v) is 10.6. The molecule has 4 aliphatic rings. The van der Waals surface area contributed by atoms with Gasteiger partial charge in [-0.3, -0.25) is 19.2 Å². The van der Waals surface area contributed by atoms with E-state index >= 15 is 0 Å². The number of aliphatic hydroxyl groups excluding tert-OH is 1. The van der Waals surface area contributed by atoms with Gasteiger partial charge in [0.05, 0.1) is 11.3 Å². The number of rotatable bonds is 5. The normalized spacial score (nSPS) is 47.1. The monoisotopic (exact) mass is 496 g/mol. The Kier molecular flexibility index (Phi) is 5.56. The van der Waals surface area contributed by atoms with E-state index in [4.69, 9.17) is 4.74 Å². The fourth-order valence-electron chi connectivity index (χ4n) is 7.76. The molecule has 36 heavy (non-hydrogen) atoms. The van der Waals surface area contributed by atoms with Crippen LogP contribution in [0.4, 0.5) is 0 Å². The second-order valence-electron chi connectivity index (χ2n) is 10.6. The van der Waals surface area contributed by atoms with Crippen LogP contribution in [0.3, 0.4) is 0 Å². The highest BCUT2D eigenvalue weighted by molar-refractivity contribution is 6.26. The zero-order chi connectivity index (χ0) is 27.1. The third-order valence-electron chi connectivity index (χ3n) is 9.20. The maximum atomic E-state index is 14.4. The number of ketones is 3. The van der Waals surface area contributed by atoms with E-state index < -0.39 is 74.5 Å². The van der Waals surface area contributed by atoms with Gasteiger partial charge < -0.3 is 20.1 Å². The van der Waals surface area contributed by atoms with Crippen LogP contribution >= 0.6 is 0 Å². The lowest BCUT2D eigenvalue weighted by molar-refractivity contribution is -0.180. The minimum atomic E-state index is -2.28. The molecule has 0 aromatic heterocycles. The molecule has 0 spiro atoms. The molecule has 8 nitrogen and oxygen atoms in total. The van der Waals surface area contributed by atoms with Crippen LogP contribution in [0, 0.1) is 28.6 Å². The number of allylic oxidation sites excluding steroid dienone is 8. The Bertz CT molecular complexity index is 1230. The summed E-state index contributed by atoms with van der Waals surface area (Å²) < 4.78 is 5.74. The Balaban J connectivity index is 2.17. The second kappa shape index (κ2) is 7.70. The summed E-state index contributed by atoms with van der Waals surface area (Å²) >= 11 is 0. The maximum absolute atomic E-state index is 14.4. The van der Waals surface area contributed by atoms with E-state index in [0.717, 1.165) is 6.08 Å². The standard InChI is InChI=1S/C28H32O8/c1-7-9-11-13-16(29)18-19-20-26(6)28(35,15(3)22(32)36-26)25(5,21(18)31)27(20,23(33)24(19,4)34)17(30)14-12-10-8-2/h7-15,19-20,29,34-35H,1-6H3/b9-7+,10-8+,13-11+,14-12+,18-16-/t15-,19+,20-,24-,25+,26-,27-,28-/m0/s1. The van der Waals surface area contributed by atoms with Crippen LogP contribution in [0.15, 0.2) is 59.9 Å². The number of carbonyl (C=O) groups excluding carboxylic acids is 4. The predicted octanol–water partition coefficient (Wildman–Crippen LogP) is 2.47. The first-order valence-electron chi connectivity index (χ1n) is 12.0. The molecule has 0 aromatic rings. The van der Waals surface area contributed by atoms with Crippen molar-refractivity contribution in [1.29, 1.82) is 0 Å². The molecule has 0 radical (unpaired) electrons. The SMILES string of the molecule is C/C=C/C=C/C(=O)[C@]12C(=O)[C@@](C)(O)[C@@H]3\C(=C(O)/C=C/C=C/C)C(=O)[C@@]1(C)[C@@]1(O)[C@@H](C)C(=O)O[C@@]1(C)[C@H]32. The summed E-state index contributed by atoms with van der Waals surface area (Å²) in [5.74, 6) is -7.85. The van der Waals surface area contributed by atoms with Crippen LogP contribution in [0.5, 0.6) is 0 Å². The molecule has 3 N–H and O–H groups in total. The molecule has 0 unspecified atom stereocenters. The molecule has 0 aromatic carbocycles. The molecule has 4 fully saturated rings. The minimum Gasteiger partial charge on any atom is -0.508 e. The van der Waals surface area contributed by atoms with Gasteiger partial charge in [0.25, 0.3) is 0 Å². The molecular weight excluding hydrogens is 464 g/mol. The van der Waals surface area contributed by atoms with E-state index in [-0.39, 0.29) is 5.57 Å². The van der Waals surface area contributed by atoms with E-state index in [1.165, 1.54) is 45.9 Å². The molecular formula is C28H32O8. The van der Waals surface area contributed by atoms with Gasteiger partial charge in [0.15, 0.2) is 17.3 Å². The van der Waals surface area contributed by atoms with Crippen molar-refractivity contribution in [3.8, 4) is 0 Å². The Morgan fingerprint density at radius 1 is 0.944 bits per heavy atom. The average Bonchev–Trinajstić information content (AvgIpc) is 3.15. The maximum Gasteiger partial charge on any atom is 0.312 e. The van der Waals surface area contributed by atoms with Gasteiger partial charge in [-0.2, -0.15) is 0 Å². The first-order chi connectivity index (χ1) is 16.7. The Morgan fingerprint density at radius 2 is 1.50 bits per heavy atom. The molecule has 8 atom stereocenters. The average molecular weight is 497 g/mol. The summed E-state index contributed by atoms with van der Waals surface area (Å²) in [7, 11) is 0. The summed E-state index contributed by atoms with van der Waals surface area (Å²) in [5.41, 5.74) is -11.2. The summed E-state index contributed by atoms with van der Waals surface area (Å²) in [6.07, 6.45) is 11.9. The van der Waals surface area contributed by atoms with Crippen LogP contribution < -0.4 is 0 Å². The highest BCUT2D eigenvalue weighted by Crippen LogP contribution is 2.81. The van der Waals surface area contributed by atoms with Gasteiger partial charge in [-0.15, -0.1) is 0 Å². The van der Waals surface area contributed by atoms with Gasteiger partial charge in [-0.05, 0) is 53.7 Å². The number of fused-ring (bicyclic) bond motifs is 2. The summed E-state index contributed by atoms with van der Waals surface area (Å²) in [5, 5.41) is 35.0. The Labute approximate surface area is 209 Å². The molecule has 4 rings (SSSR count). The quantitative estimate of drug-likeness (QED) is 0.174. The zero-order valence-electron chi connectivity index (χ0n) is 21.2. The summed E-state index contributed by atoms with van der Waals surface area (Å²) in [6, 6.07) is 0. The molecule has 0 amide bonds. The molecule has 3 saturated carbocycles. The number of hydrogen-bond donors (Lipinski definition) is 3. The van der Waals surface area contributed by atoms with Crippen molar-refractivity contribution in [3.05, 3.63) is 59.9 Å². The number of esters is 1. The van der Waals surface area contributed by atoms with Gasteiger partial charge in [-0.1, -0.05) is 36.5 Å². The molecule has 1 heterocycles. The first-order valence-corrected chi connectivity index (χ1v) is 12.0. The molecule has 4 bridgehead atoms. The van der Waals surface area contributed by atoms with Crippen LogP contribution in [-0.2, 0) is 23.9 Å². The highest BCUT2D eigenvalue weighted by atomic mass is 16.6. The summed E-state index contributed by atoms with van der Waals surface area (Å²) in [4.78, 5) is 55.4. The predicted molar refractivity (Wildman–Crippen MR) is 129 cm³/mol. The van der Waals surface area contributed by atoms with Crippen molar-refractivity contribution in [2.24, 2.45) is 28.6 Å². The lowest BCUT2D eigenvalue weighted by Crippen LogP contribution is -2.65. The third-order valence-corrected chi connectivity index (χ3v) is 9.20. The van der Waals surface area contributed by atoms with Crippen molar-refractivity contribution in [3.63, 3.8) is 0 Å². The van der Waals surface area contributed by atoms with Gasteiger partial charge in [0.2, 0.25) is 0 Å². The largest absolute Gasteiger partial charge is 0.508 e. The van der Waals surface area contributed by atoms with E-state index in [1.807, 2.05) is 0 Å². The van der Waals surface area contributed by atoms with Gasteiger partial charge in [0, 0.05) is 17.4 Å². The number of carbonyl (C=O) groups is 4. The van der Waals surface area contributed by atoms with Crippen LogP contribution in [-0.4, -0.2) is 55.4 Å². The third kappa shape index (κ3) is 2.42. The minimum absolute atomic E-state index is 0.271. The van der Waals surface area contributed by atoms with Crippen LogP contribution in [0.1, 0.15) is 41.5 Å². The Morgan fingerprint density at radius 3 is 2.06 bits per heavy atom. The molecule has 192 valence electrons. The lowest BCUT2D eigenvalue weighted by atomic mass is 9.50. The van der Waals surface area contributed by atoms with Crippen molar-refractivity contribution >= 4 is 23.3 Å². The smallest absolute Gasteiger partial charge is 0.312 e. The van der Waals surface area contributed by atoms with Crippen molar-refractivity contribution in [2.75, 3.05) is 0 Å². The number of hydrogen-bond acceptors (Lipinski definition) is 8. The lowest BCUT2D eigenvalue weighted by Gasteiger charge is -2.48. The van der Waals surface area contributed by atoms with Gasteiger partial charge in [0.1, 0.15) is 28.0 Å². The molecule has 1 saturated heterocycles. The summed E-state index contributed by atoms with van der Waals surface area (Å²) in [6.45, 7) is 8.79. The topological polar surface area (TPSA) is 138 Å². The van der Waals surface area contributed by atoms with Gasteiger partial charge >= 0.3 is 5.97 Å². The molecule has 1 aliphatic heterocycles. The van der Waals surface area contributed by atoms with Crippen molar-refractivity contribution < 1.29 is 39.2 Å². The van der Waals surface area contributed by atoms with E-state index in [0.29, 0.717) is 0 Å². The molecule has 3 aliphatic carbocycles. The van der Waals surface area contributed by atoms with E-state index in [9.17, 15) is 34.5 Å². The number of ether oxygens (including phenoxy) is 1. The fraction of sp³-hybridized carbons (Fsp3) is 0.500. The van der Waals surface area contributed by atoms with Gasteiger partial charge in [-0.25, -0.2) is 0 Å². The fourth-order valence-corrected chi connectivity index (χ4v) is 7.76. The number of aliphatic hydroxyl groups is 3. The van der Waals surface area contributed by atoms with E-state index in [1.54, 1.807) is 38.2 Å². The van der Waals surface area contributed by atoms with Crippen LogP contribution in [0.25, 0.3) is 0 Å². The first kappa shape index (κ1) is 26.0.